The zero-order valence-corrected chi connectivity index (χ0v) is 46.4. The van der Waals surface area contributed by atoms with Crippen molar-refractivity contribution in [3.63, 3.8) is 0 Å². The molecule has 1 aliphatic heterocycles. The first kappa shape index (κ1) is 67.6. The number of carbonyl (C=O) groups excluding carboxylic acids is 2. The Balaban J connectivity index is 2.34. The monoisotopic (exact) mass is 1040 g/mol. The van der Waals surface area contributed by atoms with Crippen molar-refractivity contribution < 1.29 is 56.8 Å². The van der Waals surface area contributed by atoms with Crippen LogP contribution < -0.4 is 0 Å². The van der Waals surface area contributed by atoms with Crippen molar-refractivity contribution in [2.24, 2.45) is 0 Å². The number of allylic oxidation sites excluding steroid dienone is 8. The molecule has 0 bridgehead atoms. The molecule has 0 spiro atoms. The Labute approximate surface area is 439 Å². The van der Waals surface area contributed by atoms with Gasteiger partial charge >= 0.3 is 11.9 Å². The van der Waals surface area contributed by atoms with E-state index in [9.17, 15) is 37.9 Å². The molecule has 0 saturated carbocycles. The van der Waals surface area contributed by atoms with Gasteiger partial charge in [-0.3, -0.25) is 14.1 Å². The number of aliphatic hydroxyl groups excluding tert-OH is 3. The Hall–Kier alpha value is -2.39. The van der Waals surface area contributed by atoms with Gasteiger partial charge in [0.15, 0.2) is 12.4 Å². The fourth-order valence-corrected chi connectivity index (χ4v) is 9.60. The first-order valence-electron chi connectivity index (χ1n) is 29.2. The van der Waals surface area contributed by atoms with Crippen LogP contribution in [0.4, 0.5) is 0 Å². The van der Waals surface area contributed by atoms with E-state index in [-0.39, 0.29) is 19.4 Å². The van der Waals surface area contributed by atoms with Crippen molar-refractivity contribution in [2.75, 3.05) is 19.0 Å². The van der Waals surface area contributed by atoms with Crippen LogP contribution in [0.5, 0.6) is 0 Å². The van der Waals surface area contributed by atoms with Gasteiger partial charge in [0.25, 0.3) is 10.1 Å². The minimum Gasteiger partial charge on any atom is -0.462 e. The van der Waals surface area contributed by atoms with Gasteiger partial charge in [0, 0.05) is 12.8 Å². The molecule has 1 fully saturated rings. The molecule has 0 radical (unpaired) electrons. The number of aliphatic hydroxyl groups is 3. The van der Waals surface area contributed by atoms with Gasteiger partial charge in [0.1, 0.15) is 36.8 Å². The second-order valence-electron chi connectivity index (χ2n) is 20.3. The van der Waals surface area contributed by atoms with E-state index in [1.807, 2.05) is 6.08 Å². The van der Waals surface area contributed by atoms with Crippen molar-refractivity contribution in [3.8, 4) is 0 Å². The summed E-state index contributed by atoms with van der Waals surface area (Å²) in [5.74, 6) is -2.04. The lowest BCUT2D eigenvalue weighted by molar-refractivity contribution is -0.297. The fraction of sp³-hybridized carbons (Fsp3) is 0.831. The molecule has 0 aromatic rings. The predicted octanol–water partition coefficient (Wildman–Crippen LogP) is 14.2. The van der Waals surface area contributed by atoms with E-state index < -0.39 is 71.2 Å². The minimum absolute atomic E-state index is 0.144. The maximum Gasteiger partial charge on any atom is 0.306 e. The van der Waals surface area contributed by atoms with Crippen LogP contribution in [0.15, 0.2) is 48.6 Å². The minimum atomic E-state index is -4.61. The molecule has 4 N–H and O–H groups in total. The van der Waals surface area contributed by atoms with Gasteiger partial charge in [-0.1, -0.05) is 242 Å². The van der Waals surface area contributed by atoms with Gasteiger partial charge in [0.2, 0.25) is 0 Å². The van der Waals surface area contributed by atoms with Crippen LogP contribution in [0.2, 0.25) is 0 Å². The van der Waals surface area contributed by atoms with E-state index in [1.165, 1.54) is 173 Å². The summed E-state index contributed by atoms with van der Waals surface area (Å²) in [6.07, 6.45) is 51.6. The van der Waals surface area contributed by atoms with Crippen LogP contribution in [-0.2, 0) is 38.7 Å². The van der Waals surface area contributed by atoms with E-state index in [2.05, 4.69) is 56.4 Å². The standard InChI is InChI=1S/C59H106O12S/c1-3-5-7-9-11-13-15-17-19-21-23-25-26-28-30-32-34-36-38-40-42-44-46-48-55(61)70-52(50-69-59-58(64)57(63)56(62)53(71-59)51-72(65,66)67)49-68-54(60)47-45-43-41-39-37-35-33-31-29-27-24-22-20-18-16-14-12-10-8-6-4-2/h20,22,27,29,33,35,39,41,52-53,56-59,62-64H,3-19,21,23-26,28,30-32,34,36-38,40,42-51H2,1-2H3,(H,65,66,67)/b22-20+,29-27+,35-33+,41-39+/t52-,53-,56-,57?,58?,59+/m1/s1. The predicted molar refractivity (Wildman–Crippen MR) is 293 cm³/mol. The summed E-state index contributed by atoms with van der Waals surface area (Å²) >= 11 is 0. The highest BCUT2D eigenvalue weighted by Gasteiger charge is 2.46. The highest BCUT2D eigenvalue weighted by Crippen LogP contribution is 2.24. The lowest BCUT2D eigenvalue weighted by Crippen LogP contribution is -2.60. The number of carbonyl (C=O) groups is 2. The molecule has 13 heteroatoms. The molecule has 0 aromatic carbocycles. The van der Waals surface area contributed by atoms with Crippen LogP contribution in [0.25, 0.3) is 0 Å². The number of ether oxygens (including phenoxy) is 4. The second-order valence-corrected chi connectivity index (χ2v) is 21.8. The van der Waals surface area contributed by atoms with Crippen molar-refractivity contribution in [2.45, 2.75) is 295 Å². The summed E-state index contributed by atoms with van der Waals surface area (Å²) in [5, 5.41) is 31.1. The maximum atomic E-state index is 12.9. The van der Waals surface area contributed by atoms with E-state index >= 15 is 0 Å². The van der Waals surface area contributed by atoms with Gasteiger partial charge < -0.3 is 34.3 Å². The lowest BCUT2D eigenvalue weighted by Gasteiger charge is -2.40. The zero-order valence-electron chi connectivity index (χ0n) is 45.5. The molecule has 6 atom stereocenters. The summed E-state index contributed by atoms with van der Waals surface area (Å²) in [6.45, 7) is 3.76. The van der Waals surface area contributed by atoms with Gasteiger partial charge in [-0.05, 0) is 51.4 Å². The molecule has 0 aliphatic carbocycles. The van der Waals surface area contributed by atoms with Crippen LogP contribution in [0.3, 0.4) is 0 Å². The van der Waals surface area contributed by atoms with Crippen LogP contribution in [0, 0.1) is 0 Å². The van der Waals surface area contributed by atoms with E-state index in [4.69, 9.17) is 18.9 Å². The molecule has 1 aliphatic rings. The molecule has 420 valence electrons. The summed E-state index contributed by atoms with van der Waals surface area (Å²) in [5.41, 5.74) is 0. The van der Waals surface area contributed by atoms with Gasteiger partial charge in [-0.2, -0.15) is 8.42 Å². The van der Waals surface area contributed by atoms with Crippen LogP contribution >= 0.6 is 0 Å². The van der Waals surface area contributed by atoms with Crippen molar-refractivity contribution >= 4 is 22.1 Å². The van der Waals surface area contributed by atoms with Crippen molar-refractivity contribution in [1.29, 1.82) is 0 Å². The normalized spacial score (nSPS) is 19.1. The second kappa shape index (κ2) is 48.3. The topological polar surface area (TPSA) is 186 Å². The Morgan fingerprint density at radius 2 is 0.847 bits per heavy atom. The highest BCUT2D eigenvalue weighted by atomic mass is 32.2. The van der Waals surface area contributed by atoms with Gasteiger partial charge in [0.05, 0.1) is 6.61 Å². The average Bonchev–Trinajstić information content (AvgIpc) is 3.35. The third-order valence-electron chi connectivity index (χ3n) is 13.4. The molecular weight excluding hydrogens is 933 g/mol. The molecule has 1 saturated heterocycles. The number of esters is 2. The summed E-state index contributed by atoms with van der Waals surface area (Å²) in [7, 11) is -4.61. The fourth-order valence-electron chi connectivity index (χ4n) is 8.91. The van der Waals surface area contributed by atoms with Crippen molar-refractivity contribution in [1.82, 2.24) is 0 Å². The first-order valence-corrected chi connectivity index (χ1v) is 30.8. The summed E-state index contributed by atoms with van der Waals surface area (Å²) in [6, 6.07) is 0. The Kier molecular flexibility index (Phi) is 45.3. The molecule has 0 aromatic heterocycles. The Morgan fingerprint density at radius 3 is 1.28 bits per heavy atom. The summed E-state index contributed by atoms with van der Waals surface area (Å²) < 4.78 is 54.3. The number of hydrogen-bond donors (Lipinski definition) is 4. The van der Waals surface area contributed by atoms with E-state index in [0.29, 0.717) is 19.3 Å². The van der Waals surface area contributed by atoms with E-state index in [1.54, 1.807) is 0 Å². The Bertz CT molecular complexity index is 1500. The maximum absolute atomic E-state index is 12.9. The molecule has 1 heterocycles. The van der Waals surface area contributed by atoms with Gasteiger partial charge in [-0.15, -0.1) is 0 Å². The molecule has 72 heavy (non-hydrogen) atoms. The molecule has 0 amide bonds. The summed E-state index contributed by atoms with van der Waals surface area (Å²) in [4.78, 5) is 25.6. The molecule has 12 nitrogen and oxygen atoms in total. The smallest absolute Gasteiger partial charge is 0.306 e. The molecule has 1 rings (SSSR count). The quantitative estimate of drug-likeness (QED) is 0.0196. The Morgan fingerprint density at radius 1 is 0.472 bits per heavy atom. The molecular formula is C59H106O12S. The van der Waals surface area contributed by atoms with Gasteiger partial charge in [-0.25, -0.2) is 0 Å². The van der Waals surface area contributed by atoms with Crippen LogP contribution in [0.1, 0.15) is 258 Å². The third-order valence-corrected chi connectivity index (χ3v) is 14.2. The SMILES string of the molecule is CCCCCCCCC/C=C/C/C=C/C/C=C/C/C=C/CCCC(=O)OC[C@H](CO[C@H]1O[C@H](CS(=O)(=O)O)[C@@H](O)C(O)C1O)OC(=O)CCCCCCCCCCCCCCCCCCCCCCCCC. The highest BCUT2D eigenvalue weighted by molar-refractivity contribution is 7.85. The van der Waals surface area contributed by atoms with Crippen molar-refractivity contribution in [3.05, 3.63) is 48.6 Å². The average molecular weight is 1040 g/mol. The van der Waals surface area contributed by atoms with E-state index in [0.717, 1.165) is 38.5 Å². The number of rotatable bonds is 50. The zero-order chi connectivity index (χ0) is 52.6. The number of unbranched alkanes of at least 4 members (excludes halogenated alkanes) is 30. The first-order chi connectivity index (χ1) is 35.0. The van der Waals surface area contributed by atoms with Crippen LogP contribution in [-0.4, -0.2) is 96.0 Å². The number of hydrogen-bond acceptors (Lipinski definition) is 11. The largest absolute Gasteiger partial charge is 0.462 e. The lowest BCUT2D eigenvalue weighted by atomic mass is 10.00. The molecule has 2 unspecified atom stereocenters. The third kappa shape index (κ3) is 41.9.